The summed E-state index contributed by atoms with van der Waals surface area (Å²) in [5.41, 5.74) is 1.20. The van der Waals surface area contributed by atoms with Gasteiger partial charge in [-0.05, 0) is 59.0 Å². The first kappa shape index (κ1) is 13.0. The first-order valence-corrected chi connectivity index (χ1v) is 5.79. The molecule has 1 rings (SSSR count). The molecule has 0 atom stereocenters. The lowest BCUT2D eigenvalue weighted by atomic mass is 10.1. The molecule has 0 bridgehead atoms. The Balaban J connectivity index is 2.64. The Labute approximate surface area is 99.2 Å². The van der Waals surface area contributed by atoms with Crippen LogP contribution in [0.3, 0.4) is 0 Å². The summed E-state index contributed by atoms with van der Waals surface area (Å²) in [6.45, 7) is 7.28. The average molecular weight is 221 g/mol. The molecule has 0 aliphatic heterocycles. The Bertz CT molecular complexity index is 326. The monoisotopic (exact) mass is 221 g/mol. The van der Waals surface area contributed by atoms with Gasteiger partial charge in [0.15, 0.2) is 0 Å². The van der Waals surface area contributed by atoms with Crippen LogP contribution in [0.2, 0.25) is 0 Å². The molecule has 0 saturated carbocycles. The number of likely N-dealkylation sites (N-methyl/N-ethyl adjacent to an activating group) is 1. The Morgan fingerprint density at radius 3 is 2.44 bits per heavy atom. The van der Waals surface area contributed by atoms with Gasteiger partial charge in [0.25, 0.3) is 0 Å². The minimum atomic E-state index is -0.125. The maximum absolute atomic E-state index is 5.84. The van der Waals surface area contributed by atoms with Gasteiger partial charge >= 0.3 is 0 Å². The summed E-state index contributed by atoms with van der Waals surface area (Å²) in [4.78, 5) is 2.19. The van der Waals surface area contributed by atoms with E-state index < -0.39 is 0 Å². The molecule has 0 fully saturated rings. The summed E-state index contributed by atoms with van der Waals surface area (Å²) >= 11 is 0. The van der Waals surface area contributed by atoms with Crippen molar-refractivity contribution in [3.63, 3.8) is 0 Å². The van der Waals surface area contributed by atoms with Crippen LogP contribution in [0.4, 0.5) is 0 Å². The largest absolute Gasteiger partial charge is 0.488 e. The summed E-state index contributed by atoms with van der Waals surface area (Å²) in [6, 6.07) is 8.37. The van der Waals surface area contributed by atoms with Crippen LogP contribution in [0.1, 0.15) is 26.3 Å². The molecular weight excluding hydrogens is 198 g/mol. The molecule has 0 radical (unpaired) electrons. The molecule has 16 heavy (non-hydrogen) atoms. The Hall–Kier alpha value is -1.02. The molecular formula is C14H23NO. The third-order valence-corrected chi connectivity index (χ3v) is 2.17. The van der Waals surface area contributed by atoms with Gasteiger partial charge < -0.3 is 9.64 Å². The fourth-order valence-electron chi connectivity index (χ4n) is 1.47. The van der Waals surface area contributed by atoms with Crippen LogP contribution in [0.15, 0.2) is 24.3 Å². The van der Waals surface area contributed by atoms with Gasteiger partial charge in [-0.15, -0.1) is 0 Å². The number of hydrogen-bond acceptors (Lipinski definition) is 2. The average Bonchev–Trinajstić information content (AvgIpc) is 2.12. The molecule has 0 N–H and O–H groups in total. The molecule has 1 aromatic carbocycles. The summed E-state index contributed by atoms with van der Waals surface area (Å²) in [7, 11) is 4.19. The number of hydrogen-bond donors (Lipinski definition) is 0. The van der Waals surface area contributed by atoms with Crippen molar-refractivity contribution in [1.29, 1.82) is 0 Å². The highest BCUT2D eigenvalue weighted by atomic mass is 16.5. The van der Waals surface area contributed by atoms with Crippen molar-refractivity contribution in [3.05, 3.63) is 29.8 Å². The van der Waals surface area contributed by atoms with Crippen molar-refractivity contribution in [2.45, 2.75) is 32.8 Å². The van der Waals surface area contributed by atoms with E-state index >= 15 is 0 Å². The third-order valence-electron chi connectivity index (χ3n) is 2.17. The zero-order valence-electron chi connectivity index (χ0n) is 11.1. The van der Waals surface area contributed by atoms with Gasteiger partial charge in [0, 0.05) is 6.54 Å². The highest BCUT2D eigenvalue weighted by Gasteiger charge is 2.11. The summed E-state index contributed by atoms with van der Waals surface area (Å²) < 4.78 is 5.84. The van der Waals surface area contributed by atoms with E-state index in [4.69, 9.17) is 4.74 Å². The van der Waals surface area contributed by atoms with E-state index in [1.807, 2.05) is 6.07 Å². The molecule has 0 spiro atoms. The molecule has 0 aromatic heterocycles. The van der Waals surface area contributed by atoms with E-state index in [2.05, 4.69) is 58.0 Å². The third kappa shape index (κ3) is 5.17. The van der Waals surface area contributed by atoms with E-state index in [-0.39, 0.29) is 5.60 Å². The van der Waals surface area contributed by atoms with Crippen molar-refractivity contribution in [1.82, 2.24) is 4.90 Å². The van der Waals surface area contributed by atoms with Crippen LogP contribution in [0.25, 0.3) is 0 Å². The second-order valence-electron chi connectivity index (χ2n) is 5.42. The molecule has 0 aliphatic carbocycles. The van der Waals surface area contributed by atoms with Crippen LogP contribution >= 0.6 is 0 Å². The lowest BCUT2D eigenvalue weighted by Crippen LogP contribution is -2.23. The number of benzene rings is 1. The predicted octanol–water partition coefficient (Wildman–Crippen LogP) is 2.97. The lowest BCUT2D eigenvalue weighted by molar-refractivity contribution is 0.131. The first-order valence-electron chi connectivity index (χ1n) is 5.79. The van der Waals surface area contributed by atoms with Gasteiger partial charge in [0.2, 0.25) is 0 Å². The van der Waals surface area contributed by atoms with Gasteiger partial charge in [0.1, 0.15) is 11.4 Å². The standard InChI is InChI=1S/C14H23NO/c1-14(2,3)16-13-8-6-7-12(11-13)9-10-15(4)5/h6-8,11H,9-10H2,1-5H3. The van der Waals surface area contributed by atoms with Crippen molar-refractivity contribution in [2.24, 2.45) is 0 Å². The van der Waals surface area contributed by atoms with Crippen LogP contribution in [-0.2, 0) is 6.42 Å². The quantitative estimate of drug-likeness (QED) is 0.775. The second kappa shape index (κ2) is 5.35. The molecule has 2 heteroatoms. The first-order chi connectivity index (χ1) is 7.37. The molecule has 1 aromatic rings. The van der Waals surface area contributed by atoms with Crippen LogP contribution < -0.4 is 4.74 Å². The molecule has 2 nitrogen and oxygen atoms in total. The van der Waals surface area contributed by atoms with Gasteiger partial charge in [-0.25, -0.2) is 0 Å². The zero-order chi connectivity index (χ0) is 12.2. The van der Waals surface area contributed by atoms with E-state index in [1.54, 1.807) is 0 Å². The minimum absolute atomic E-state index is 0.125. The molecule has 0 heterocycles. The number of rotatable bonds is 4. The van der Waals surface area contributed by atoms with Crippen LogP contribution in [0.5, 0.6) is 5.75 Å². The molecule has 90 valence electrons. The molecule has 0 unspecified atom stereocenters. The van der Waals surface area contributed by atoms with Gasteiger partial charge in [-0.2, -0.15) is 0 Å². The smallest absolute Gasteiger partial charge is 0.120 e. The minimum Gasteiger partial charge on any atom is -0.488 e. The van der Waals surface area contributed by atoms with Crippen molar-refractivity contribution in [3.8, 4) is 5.75 Å². The highest BCUT2D eigenvalue weighted by Crippen LogP contribution is 2.19. The summed E-state index contributed by atoms with van der Waals surface area (Å²) in [5.74, 6) is 0.962. The topological polar surface area (TPSA) is 12.5 Å². The van der Waals surface area contributed by atoms with E-state index in [0.29, 0.717) is 0 Å². The van der Waals surface area contributed by atoms with E-state index in [1.165, 1.54) is 5.56 Å². The van der Waals surface area contributed by atoms with Gasteiger partial charge in [0.05, 0.1) is 0 Å². The molecule has 0 saturated heterocycles. The van der Waals surface area contributed by atoms with Gasteiger partial charge in [-0.3, -0.25) is 0 Å². The number of ether oxygens (including phenoxy) is 1. The zero-order valence-corrected chi connectivity index (χ0v) is 11.1. The van der Waals surface area contributed by atoms with Crippen molar-refractivity contribution in [2.75, 3.05) is 20.6 Å². The maximum Gasteiger partial charge on any atom is 0.120 e. The van der Waals surface area contributed by atoms with Crippen LogP contribution in [0, 0.1) is 0 Å². The van der Waals surface area contributed by atoms with E-state index in [9.17, 15) is 0 Å². The second-order valence-corrected chi connectivity index (χ2v) is 5.42. The molecule has 0 aliphatic rings. The fraction of sp³-hybridized carbons (Fsp3) is 0.571. The highest BCUT2D eigenvalue weighted by molar-refractivity contribution is 5.29. The predicted molar refractivity (Wildman–Crippen MR) is 69.1 cm³/mol. The lowest BCUT2D eigenvalue weighted by Gasteiger charge is -2.21. The molecule has 0 amide bonds. The Kier molecular flexibility index (Phi) is 4.36. The van der Waals surface area contributed by atoms with Crippen molar-refractivity contribution < 1.29 is 4.74 Å². The van der Waals surface area contributed by atoms with E-state index in [0.717, 1.165) is 18.7 Å². The maximum atomic E-state index is 5.84. The van der Waals surface area contributed by atoms with Crippen LogP contribution in [-0.4, -0.2) is 31.1 Å². The van der Waals surface area contributed by atoms with Gasteiger partial charge in [-0.1, -0.05) is 12.1 Å². The fourth-order valence-corrected chi connectivity index (χ4v) is 1.47. The summed E-state index contributed by atoms with van der Waals surface area (Å²) in [6.07, 6.45) is 1.06. The van der Waals surface area contributed by atoms with Crippen molar-refractivity contribution >= 4 is 0 Å². The SMILES string of the molecule is CN(C)CCc1cccc(OC(C)(C)C)c1. The Morgan fingerprint density at radius 1 is 1.19 bits per heavy atom. The Morgan fingerprint density at radius 2 is 1.88 bits per heavy atom. The normalized spacial score (nSPS) is 11.9. The number of nitrogens with zero attached hydrogens (tertiary/aromatic N) is 1. The summed E-state index contributed by atoms with van der Waals surface area (Å²) in [5, 5.41) is 0.